The molecule has 0 saturated carbocycles. The number of anilines is 1. The molecule has 2 amide bonds. The van der Waals surface area contributed by atoms with Crippen LogP contribution in [0, 0.1) is 12.8 Å². The van der Waals surface area contributed by atoms with Crippen molar-refractivity contribution in [2.24, 2.45) is 11.7 Å². The minimum atomic E-state index is -0.205. The van der Waals surface area contributed by atoms with E-state index in [0.717, 1.165) is 4.88 Å². The zero-order valence-electron chi connectivity index (χ0n) is 10.9. The Morgan fingerprint density at radius 1 is 1.44 bits per heavy atom. The third-order valence-corrected chi connectivity index (χ3v) is 3.26. The van der Waals surface area contributed by atoms with Gasteiger partial charge < -0.3 is 16.4 Å². The number of nitrogens with one attached hydrogen (secondary N) is 2. The second-order valence-corrected chi connectivity index (χ2v) is 5.54. The molecule has 1 rings (SSSR count). The number of hydrogen-bond acceptors (Lipinski definition) is 4. The molecule has 0 bridgehead atoms. The van der Waals surface area contributed by atoms with Crippen LogP contribution in [0.1, 0.15) is 29.1 Å². The van der Waals surface area contributed by atoms with Gasteiger partial charge in [-0.1, -0.05) is 13.8 Å². The van der Waals surface area contributed by atoms with Crippen LogP contribution in [0.2, 0.25) is 0 Å². The first-order chi connectivity index (χ1) is 8.45. The molecule has 0 spiro atoms. The van der Waals surface area contributed by atoms with Crippen LogP contribution in [0.5, 0.6) is 0 Å². The normalized spacial score (nSPS) is 10.5. The molecule has 0 atom stereocenters. The highest BCUT2D eigenvalue weighted by Crippen LogP contribution is 2.27. The number of hydrogen-bond donors (Lipinski definition) is 3. The van der Waals surface area contributed by atoms with Crippen LogP contribution in [0.15, 0.2) is 6.07 Å². The first-order valence-electron chi connectivity index (χ1n) is 5.85. The van der Waals surface area contributed by atoms with Gasteiger partial charge in [-0.25, -0.2) is 0 Å². The molecule has 1 aromatic heterocycles. The van der Waals surface area contributed by atoms with Gasteiger partial charge in [-0.05, 0) is 13.0 Å². The second kappa shape index (κ2) is 6.51. The van der Waals surface area contributed by atoms with E-state index in [4.69, 9.17) is 5.73 Å². The predicted octanol–water partition coefficient (Wildman–Crippen LogP) is 1.34. The van der Waals surface area contributed by atoms with Gasteiger partial charge in [0.05, 0.1) is 5.56 Å². The zero-order chi connectivity index (χ0) is 13.7. The van der Waals surface area contributed by atoms with Crippen molar-refractivity contribution in [2.45, 2.75) is 20.8 Å². The SMILES string of the molecule is Cc1cc(C(=O)NCCN)c(NC(=O)C(C)C)s1. The minimum Gasteiger partial charge on any atom is -0.351 e. The minimum absolute atomic E-state index is 0.0928. The maximum atomic E-state index is 11.9. The fraction of sp³-hybridized carbons (Fsp3) is 0.500. The maximum absolute atomic E-state index is 11.9. The second-order valence-electron chi connectivity index (χ2n) is 4.29. The van der Waals surface area contributed by atoms with E-state index in [1.54, 1.807) is 6.07 Å². The molecule has 100 valence electrons. The topological polar surface area (TPSA) is 84.2 Å². The number of carbonyl (C=O) groups excluding carboxylic acids is 2. The quantitative estimate of drug-likeness (QED) is 0.754. The Bertz CT molecular complexity index is 441. The van der Waals surface area contributed by atoms with E-state index in [1.807, 2.05) is 20.8 Å². The van der Waals surface area contributed by atoms with Crippen LogP contribution in [-0.4, -0.2) is 24.9 Å². The molecule has 0 aromatic carbocycles. The molecule has 0 unspecified atom stereocenters. The summed E-state index contributed by atoms with van der Waals surface area (Å²) in [5.41, 5.74) is 5.84. The van der Waals surface area contributed by atoms with Crippen LogP contribution in [0.3, 0.4) is 0 Å². The third kappa shape index (κ3) is 3.82. The average molecular weight is 269 g/mol. The molecule has 6 heteroatoms. The number of rotatable bonds is 5. The summed E-state index contributed by atoms with van der Waals surface area (Å²) in [4.78, 5) is 24.5. The largest absolute Gasteiger partial charge is 0.351 e. The van der Waals surface area contributed by atoms with Crippen LogP contribution < -0.4 is 16.4 Å². The summed E-state index contributed by atoms with van der Waals surface area (Å²) >= 11 is 1.40. The van der Waals surface area contributed by atoms with Crippen molar-refractivity contribution in [3.63, 3.8) is 0 Å². The van der Waals surface area contributed by atoms with Crippen LogP contribution in [0.25, 0.3) is 0 Å². The maximum Gasteiger partial charge on any atom is 0.254 e. The van der Waals surface area contributed by atoms with Gasteiger partial charge in [-0.3, -0.25) is 9.59 Å². The Morgan fingerprint density at radius 2 is 2.11 bits per heavy atom. The van der Waals surface area contributed by atoms with Gasteiger partial charge in [0.15, 0.2) is 0 Å². The van der Waals surface area contributed by atoms with Crippen molar-refractivity contribution >= 4 is 28.2 Å². The van der Waals surface area contributed by atoms with E-state index in [9.17, 15) is 9.59 Å². The Morgan fingerprint density at radius 3 is 2.67 bits per heavy atom. The third-order valence-electron chi connectivity index (χ3n) is 2.29. The van der Waals surface area contributed by atoms with Gasteiger partial charge in [0.25, 0.3) is 5.91 Å². The van der Waals surface area contributed by atoms with Crippen LogP contribution in [-0.2, 0) is 4.79 Å². The molecule has 0 aliphatic rings. The zero-order valence-corrected chi connectivity index (χ0v) is 11.7. The summed E-state index contributed by atoms with van der Waals surface area (Å²) in [5.74, 6) is -0.416. The standard InChI is InChI=1S/C12H19N3O2S/c1-7(2)10(16)15-12-9(6-8(3)18-12)11(17)14-5-4-13/h6-7H,4-5,13H2,1-3H3,(H,14,17)(H,15,16). The van der Waals surface area contributed by atoms with Gasteiger partial charge in [0, 0.05) is 23.9 Å². The molecule has 4 N–H and O–H groups in total. The molecule has 0 fully saturated rings. The highest BCUT2D eigenvalue weighted by molar-refractivity contribution is 7.16. The highest BCUT2D eigenvalue weighted by atomic mass is 32.1. The molecule has 1 aromatic rings. The molecule has 0 aliphatic heterocycles. The predicted molar refractivity (Wildman–Crippen MR) is 73.9 cm³/mol. The van der Waals surface area contributed by atoms with Crippen molar-refractivity contribution in [1.82, 2.24) is 5.32 Å². The lowest BCUT2D eigenvalue weighted by molar-refractivity contribution is -0.118. The number of aryl methyl sites for hydroxylation is 1. The fourth-order valence-electron chi connectivity index (χ4n) is 1.31. The summed E-state index contributed by atoms with van der Waals surface area (Å²) in [6, 6.07) is 1.77. The summed E-state index contributed by atoms with van der Waals surface area (Å²) < 4.78 is 0. The van der Waals surface area contributed by atoms with Gasteiger partial charge in [0.2, 0.25) is 5.91 Å². The van der Waals surface area contributed by atoms with Crippen LogP contribution >= 0.6 is 11.3 Å². The van der Waals surface area contributed by atoms with Gasteiger partial charge >= 0.3 is 0 Å². The molecule has 0 radical (unpaired) electrons. The van der Waals surface area contributed by atoms with Crippen molar-refractivity contribution in [1.29, 1.82) is 0 Å². The van der Waals surface area contributed by atoms with Gasteiger partial charge in [0.1, 0.15) is 5.00 Å². The van der Waals surface area contributed by atoms with E-state index in [2.05, 4.69) is 10.6 Å². The van der Waals surface area contributed by atoms with E-state index in [1.165, 1.54) is 11.3 Å². The summed E-state index contributed by atoms with van der Waals surface area (Å²) in [7, 11) is 0. The molecular formula is C12H19N3O2S. The molecule has 18 heavy (non-hydrogen) atoms. The van der Waals surface area contributed by atoms with Crippen molar-refractivity contribution in [3.8, 4) is 0 Å². The fourth-order valence-corrected chi connectivity index (χ4v) is 2.22. The lowest BCUT2D eigenvalue weighted by Crippen LogP contribution is -2.29. The van der Waals surface area contributed by atoms with Gasteiger partial charge in [-0.2, -0.15) is 0 Å². The number of amides is 2. The van der Waals surface area contributed by atoms with E-state index < -0.39 is 0 Å². The van der Waals surface area contributed by atoms with Crippen molar-refractivity contribution in [3.05, 3.63) is 16.5 Å². The summed E-state index contributed by atoms with van der Waals surface area (Å²) in [6.45, 7) is 6.33. The molecule has 0 aliphatic carbocycles. The van der Waals surface area contributed by atoms with Crippen molar-refractivity contribution in [2.75, 3.05) is 18.4 Å². The molecular weight excluding hydrogens is 250 g/mol. The highest BCUT2D eigenvalue weighted by Gasteiger charge is 2.17. The number of thiophene rings is 1. The Hall–Kier alpha value is -1.40. The monoisotopic (exact) mass is 269 g/mol. The molecule has 1 heterocycles. The molecule has 5 nitrogen and oxygen atoms in total. The lowest BCUT2D eigenvalue weighted by atomic mass is 10.2. The molecule has 0 saturated heterocycles. The smallest absolute Gasteiger partial charge is 0.254 e. The average Bonchev–Trinajstić information content (AvgIpc) is 2.67. The lowest BCUT2D eigenvalue weighted by Gasteiger charge is -2.08. The van der Waals surface area contributed by atoms with Gasteiger partial charge in [-0.15, -0.1) is 11.3 Å². The Labute approximate surface area is 111 Å². The Kier molecular flexibility index (Phi) is 5.30. The van der Waals surface area contributed by atoms with E-state index in [-0.39, 0.29) is 17.7 Å². The van der Waals surface area contributed by atoms with E-state index >= 15 is 0 Å². The first-order valence-corrected chi connectivity index (χ1v) is 6.67. The summed E-state index contributed by atoms with van der Waals surface area (Å²) in [5, 5.41) is 6.07. The Balaban J connectivity index is 2.85. The van der Waals surface area contributed by atoms with Crippen molar-refractivity contribution < 1.29 is 9.59 Å². The van der Waals surface area contributed by atoms with E-state index in [0.29, 0.717) is 23.7 Å². The number of carbonyl (C=O) groups is 2. The van der Waals surface area contributed by atoms with Crippen LogP contribution in [0.4, 0.5) is 5.00 Å². The number of nitrogens with two attached hydrogens (primary N) is 1. The summed E-state index contributed by atoms with van der Waals surface area (Å²) in [6.07, 6.45) is 0. The first kappa shape index (κ1) is 14.7.